The maximum absolute atomic E-state index is 11.0. The molecular weight excluding hydrogens is 182 g/mol. The molecule has 0 heterocycles. The molecule has 78 valence electrons. The van der Waals surface area contributed by atoms with Crippen LogP contribution in [0.25, 0.3) is 0 Å². The van der Waals surface area contributed by atoms with Gasteiger partial charge in [-0.2, -0.15) is 0 Å². The lowest BCUT2D eigenvalue weighted by molar-refractivity contribution is -0.143. The van der Waals surface area contributed by atoms with Gasteiger partial charge in [-0.05, 0) is 19.0 Å². The summed E-state index contributed by atoms with van der Waals surface area (Å²) in [6.45, 7) is 7.93. The summed E-state index contributed by atoms with van der Waals surface area (Å²) < 4.78 is 5.06. The van der Waals surface area contributed by atoms with Crippen molar-refractivity contribution in [3.63, 3.8) is 0 Å². The van der Waals surface area contributed by atoms with Crippen LogP contribution < -0.4 is 5.73 Å². The molecule has 0 fully saturated rings. The minimum absolute atomic E-state index is 0.108. The summed E-state index contributed by atoms with van der Waals surface area (Å²) in [7, 11) is -1.06. The predicted octanol–water partition coefficient (Wildman–Crippen LogP) is 1.61. The second-order valence-corrected chi connectivity index (χ2v) is 10.0. The average molecular weight is 203 g/mol. The highest BCUT2D eigenvalue weighted by Gasteiger charge is 2.13. The Morgan fingerprint density at radius 1 is 1.38 bits per heavy atom. The van der Waals surface area contributed by atoms with Crippen molar-refractivity contribution in [3.8, 4) is 0 Å². The number of esters is 1. The zero-order chi connectivity index (χ0) is 10.3. The Balaban J connectivity index is 3.37. The van der Waals surface area contributed by atoms with Gasteiger partial charge in [-0.1, -0.05) is 19.6 Å². The standard InChI is InChI=1S/C9H21NO2Si/c1-13(2,3)8-7-12-9(11)5-4-6-10/h4-8,10H2,1-3H3. The van der Waals surface area contributed by atoms with Gasteiger partial charge < -0.3 is 10.5 Å². The Hall–Kier alpha value is -0.353. The number of nitrogens with two attached hydrogens (primary N) is 1. The van der Waals surface area contributed by atoms with Gasteiger partial charge in [-0.15, -0.1) is 0 Å². The van der Waals surface area contributed by atoms with E-state index in [-0.39, 0.29) is 5.97 Å². The highest BCUT2D eigenvalue weighted by Crippen LogP contribution is 2.07. The van der Waals surface area contributed by atoms with Crippen LogP contribution >= 0.6 is 0 Å². The lowest BCUT2D eigenvalue weighted by Crippen LogP contribution is -2.22. The summed E-state index contributed by atoms with van der Waals surface area (Å²) in [4.78, 5) is 11.0. The van der Waals surface area contributed by atoms with Gasteiger partial charge in [-0.3, -0.25) is 4.79 Å². The van der Waals surface area contributed by atoms with Crippen LogP contribution in [0.15, 0.2) is 0 Å². The predicted molar refractivity (Wildman–Crippen MR) is 57.4 cm³/mol. The molecule has 0 aromatic heterocycles. The molecular formula is C9H21NO2Si. The van der Waals surface area contributed by atoms with Crippen molar-refractivity contribution in [2.45, 2.75) is 38.5 Å². The van der Waals surface area contributed by atoms with Crippen LogP contribution in [-0.4, -0.2) is 27.2 Å². The van der Waals surface area contributed by atoms with E-state index in [1.165, 1.54) is 0 Å². The van der Waals surface area contributed by atoms with Gasteiger partial charge in [0.15, 0.2) is 0 Å². The van der Waals surface area contributed by atoms with Crippen molar-refractivity contribution in [2.24, 2.45) is 5.73 Å². The lowest BCUT2D eigenvalue weighted by Gasteiger charge is -2.15. The first-order valence-electron chi connectivity index (χ1n) is 4.81. The van der Waals surface area contributed by atoms with E-state index in [2.05, 4.69) is 19.6 Å². The van der Waals surface area contributed by atoms with Gasteiger partial charge >= 0.3 is 5.97 Å². The number of ether oxygens (including phenoxy) is 1. The van der Waals surface area contributed by atoms with Gasteiger partial charge in [-0.25, -0.2) is 0 Å². The fourth-order valence-electron chi connectivity index (χ4n) is 0.790. The number of carbonyl (C=O) groups excluding carboxylic acids is 1. The van der Waals surface area contributed by atoms with E-state index in [0.29, 0.717) is 19.6 Å². The molecule has 0 spiro atoms. The van der Waals surface area contributed by atoms with E-state index < -0.39 is 8.07 Å². The fourth-order valence-corrected chi connectivity index (χ4v) is 1.50. The van der Waals surface area contributed by atoms with E-state index >= 15 is 0 Å². The molecule has 0 unspecified atom stereocenters. The zero-order valence-corrected chi connectivity index (χ0v) is 9.93. The van der Waals surface area contributed by atoms with Crippen LogP contribution in [0, 0.1) is 0 Å². The highest BCUT2D eigenvalue weighted by atomic mass is 28.3. The number of hydrogen-bond acceptors (Lipinski definition) is 3. The van der Waals surface area contributed by atoms with Crippen molar-refractivity contribution in [1.29, 1.82) is 0 Å². The number of rotatable bonds is 6. The maximum atomic E-state index is 11.0. The van der Waals surface area contributed by atoms with E-state index in [4.69, 9.17) is 10.5 Å². The van der Waals surface area contributed by atoms with Gasteiger partial charge in [0.1, 0.15) is 0 Å². The van der Waals surface area contributed by atoms with Gasteiger partial charge in [0.25, 0.3) is 0 Å². The minimum atomic E-state index is -1.06. The molecule has 4 heteroatoms. The van der Waals surface area contributed by atoms with Crippen LogP contribution in [0.2, 0.25) is 25.7 Å². The van der Waals surface area contributed by atoms with Crippen LogP contribution in [0.1, 0.15) is 12.8 Å². The molecule has 0 aliphatic heterocycles. The molecule has 3 nitrogen and oxygen atoms in total. The first kappa shape index (κ1) is 12.6. The molecule has 0 saturated carbocycles. The molecule has 0 amide bonds. The summed E-state index contributed by atoms with van der Waals surface area (Å²) in [6.07, 6.45) is 1.19. The first-order valence-corrected chi connectivity index (χ1v) is 8.52. The number of hydrogen-bond donors (Lipinski definition) is 1. The monoisotopic (exact) mass is 203 g/mol. The third-order valence-electron chi connectivity index (χ3n) is 1.70. The normalized spacial score (nSPS) is 11.4. The average Bonchev–Trinajstić information content (AvgIpc) is 1.98. The number of carbonyl (C=O) groups is 1. The third kappa shape index (κ3) is 9.56. The summed E-state index contributed by atoms with van der Waals surface area (Å²) in [6, 6.07) is 1.04. The van der Waals surface area contributed by atoms with Gasteiger partial charge in [0.05, 0.1) is 6.61 Å². The van der Waals surface area contributed by atoms with Crippen molar-refractivity contribution >= 4 is 14.0 Å². The Morgan fingerprint density at radius 3 is 2.46 bits per heavy atom. The molecule has 0 aromatic carbocycles. The van der Waals surface area contributed by atoms with Crippen molar-refractivity contribution in [2.75, 3.05) is 13.2 Å². The molecule has 2 N–H and O–H groups in total. The molecule has 0 bridgehead atoms. The molecule has 0 radical (unpaired) electrons. The maximum Gasteiger partial charge on any atom is 0.305 e. The summed E-state index contributed by atoms with van der Waals surface area (Å²) in [5.41, 5.74) is 5.27. The largest absolute Gasteiger partial charge is 0.466 e. The first-order chi connectivity index (χ1) is 5.95. The van der Waals surface area contributed by atoms with Crippen LogP contribution in [0.4, 0.5) is 0 Å². The van der Waals surface area contributed by atoms with Crippen LogP contribution in [0.3, 0.4) is 0 Å². The minimum Gasteiger partial charge on any atom is -0.466 e. The smallest absolute Gasteiger partial charge is 0.305 e. The molecule has 0 aliphatic carbocycles. The Kier molecular flexibility index (Phi) is 5.99. The molecule has 0 rings (SSSR count). The summed E-state index contributed by atoms with van der Waals surface area (Å²) in [5.74, 6) is -0.108. The lowest BCUT2D eigenvalue weighted by atomic mass is 10.3. The summed E-state index contributed by atoms with van der Waals surface area (Å²) >= 11 is 0. The van der Waals surface area contributed by atoms with Gasteiger partial charge in [0.2, 0.25) is 0 Å². The Morgan fingerprint density at radius 2 is 2.00 bits per heavy atom. The third-order valence-corrected chi connectivity index (χ3v) is 3.40. The second-order valence-electron chi connectivity index (χ2n) is 4.42. The van der Waals surface area contributed by atoms with E-state index in [9.17, 15) is 4.79 Å². The van der Waals surface area contributed by atoms with Crippen molar-refractivity contribution in [3.05, 3.63) is 0 Å². The Labute approximate surface area is 81.7 Å². The Bertz CT molecular complexity index is 154. The van der Waals surface area contributed by atoms with Crippen molar-refractivity contribution in [1.82, 2.24) is 0 Å². The van der Waals surface area contributed by atoms with Crippen LogP contribution in [-0.2, 0) is 9.53 Å². The topological polar surface area (TPSA) is 52.3 Å². The van der Waals surface area contributed by atoms with E-state index in [1.807, 2.05) is 0 Å². The van der Waals surface area contributed by atoms with E-state index in [1.54, 1.807) is 0 Å². The van der Waals surface area contributed by atoms with Crippen molar-refractivity contribution < 1.29 is 9.53 Å². The zero-order valence-electron chi connectivity index (χ0n) is 8.93. The van der Waals surface area contributed by atoms with Crippen LogP contribution in [0.5, 0.6) is 0 Å². The fraction of sp³-hybridized carbons (Fsp3) is 0.889. The second kappa shape index (κ2) is 6.15. The molecule has 0 atom stereocenters. The molecule has 0 saturated heterocycles. The highest BCUT2D eigenvalue weighted by molar-refractivity contribution is 6.76. The molecule has 0 aromatic rings. The van der Waals surface area contributed by atoms with Gasteiger partial charge in [0, 0.05) is 14.5 Å². The quantitative estimate of drug-likeness (QED) is 0.527. The summed E-state index contributed by atoms with van der Waals surface area (Å²) in [5, 5.41) is 0. The molecule has 0 aliphatic rings. The molecule has 13 heavy (non-hydrogen) atoms. The van der Waals surface area contributed by atoms with E-state index in [0.717, 1.165) is 12.5 Å². The SMILES string of the molecule is C[Si](C)(C)CCOC(=O)CCCN.